The molecule has 5 nitrogen and oxygen atoms in total. The third kappa shape index (κ3) is 2.10. The van der Waals surface area contributed by atoms with Gasteiger partial charge in [-0.25, -0.2) is 5.43 Å². The predicted molar refractivity (Wildman–Crippen MR) is 71.5 cm³/mol. The van der Waals surface area contributed by atoms with Crippen LogP contribution in [0.3, 0.4) is 0 Å². The van der Waals surface area contributed by atoms with E-state index in [0.29, 0.717) is 6.41 Å². The molecule has 1 amide bonds. The van der Waals surface area contributed by atoms with Gasteiger partial charge in [0.05, 0.1) is 5.71 Å². The van der Waals surface area contributed by atoms with Crippen LogP contribution in [0.1, 0.15) is 12.5 Å². The fourth-order valence-corrected chi connectivity index (χ4v) is 2.05. The van der Waals surface area contributed by atoms with E-state index in [-0.39, 0.29) is 6.79 Å². The van der Waals surface area contributed by atoms with Crippen LogP contribution < -0.4 is 14.9 Å². The second kappa shape index (κ2) is 4.61. The molecule has 1 aliphatic rings. The number of hydrazone groups is 1. The lowest BCUT2D eigenvalue weighted by Gasteiger charge is -2.04. The number of fused-ring (bicyclic) bond motifs is 2. The number of hydrogen-bond donors (Lipinski definition) is 1. The molecule has 0 bridgehead atoms. The molecule has 1 heterocycles. The van der Waals surface area contributed by atoms with Crippen molar-refractivity contribution in [3.8, 4) is 11.5 Å². The Hall–Kier alpha value is -2.56. The maximum absolute atomic E-state index is 10.2. The highest BCUT2D eigenvalue weighted by molar-refractivity contribution is 6.02. The number of nitrogens with zero attached hydrogens (tertiary/aromatic N) is 1. The number of benzene rings is 2. The summed E-state index contributed by atoms with van der Waals surface area (Å²) in [4.78, 5) is 10.2. The highest BCUT2D eigenvalue weighted by Gasteiger charge is 2.14. The van der Waals surface area contributed by atoms with Crippen molar-refractivity contribution in [2.24, 2.45) is 5.10 Å². The first kappa shape index (κ1) is 11.5. The van der Waals surface area contributed by atoms with Gasteiger partial charge in [-0.3, -0.25) is 4.79 Å². The molecule has 0 atom stereocenters. The van der Waals surface area contributed by atoms with E-state index < -0.39 is 0 Å². The van der Waals surface area contributed by atoms with Crippen LogP contribution in [-0.4, -0.2) is 18.9 Å². The van der Waals surface area contributed by atoms with E-state index in [0.717, 1.165) is 33.5 Å². The van der Waals surface area contributed by atoms with E-state index in [4.69, 9.17) is 9.47 Å². The lowest BCUT2D eigenvalue weighted by Crippen LogP contribution is -2.06. The predicted octanol–water partition coefficient (Wildman–Crippen LogP) is 2.04. The van der Waals surface area contributed by atoms with E-state index in [1.807, 2.05) is 37.3 Å². The number of ether oxygens (including phenoxy) is 2. The van der Waals surface area contributed by atoms with Gasteiger partial charge < -0.3 is 9.47 Å². The Morgan fingerprint density at radius 3 is 2.68 bits per heavy atom. The number of carbonyl (C=O) groups is 1. The second-order valence-corrected chi connectivity index (χ2v) is 4.21. The Morgan fingerprint density at radius 1 is 1.21 bits per heavy atom. The molecule has 19 heavy (non-hydrogen) atoms. The van der Waals surface area contributed by atoms with Crippen LogP contribution in [-0.2, 0) is 4.79 Å². The van der Waals surface area contributed by atoms with Gasteiger partial charge in [0.15, 0.2) is 11.5 Å². The molecule has 0 aromatic heterocycles. The third-order valence-corrected chi connectivity index (χ3v) is 3.03. The maximum atomic E-state index is 10.2. The zero-order valence-corrected chi connectivity index (χ0v) is 10.3. The molecule has 0 spiro atoms. The van der Waals surface area contributed by atoms with Crippen LogP contribution in [0.15, 0.2) is 35.4 Å². The average Bonchev–Trinajstić information content (AvgIpc) is 2.88. The number of hydrogen-bond acceptors (Lipinski definition) is 4. The third-order valence-electron chi connectivity index (χ3n) is 3.03. The number of rotatable bonds is 3. The quantitative estimate of drug-likeness (QED) is 0.519. The molecule has 2 aromatic carbocycles. The van der Waals surface area contributed by atoms with E-state index in [1.165, 1.54) is 0 Å². The van der Waals surface area contributed by atoms with E-state index in [1.54, 1.807) is 0 Å². The second-order valence-electron chi connectivity index (χ2n) is 4.21. The lowest BCUT2D eigenvalue weighted by molar-refractivity contribution is -0.109. The first-order valence-electron chi connectivity index (χ1n) is 5.85. The van der Waals surface area contributed by atoms with Gasteiger partial charge in [0.1, 0.15) is 0 Å². The fourth-order valence-electron chi connectivity index (χ4n) is 2.05. The van der Waals surface area contributed by atoms with Gasteiger partial charge in [-0.05, 0) is 41.5 Å². The Kier molecular flexibility index (Phi) is 2.79. The Bertz CT molecular complexity index is 680. The minimum atomic E-state index is 0.266. The highest BCUT2D eigenvalue weighted by Crippen LogP contribution is 2.36. The molecule has 1 N–H and O–H groups in total. The van der Waals surface area contributed by atoms with Crippen molar-refractivity contribution in [1.82, 2.24) is 5.43 Å². The minimum absolute atomic E-state index is 0.266. The zero-order chi connectivity index (χ0) is 13.2. The van der Waals surface area contributed by atoms with Crippen LogP contribution in [0.5, 0.6) is 11.5 Å². The lowest BCUT2D eigenvalue weighted by atomic mass is 10.0. The SMILES string of the molecule is C/C(=N/NC=O)c1ccc2cc3c(cc2c1)OCO3. The van der Waals surface area contributed by atoms with E-state index in [9.17, 15) is 4.79 Å². The Morgan fingerprint density at radius 2 is 1.95 bits per heavy atom. The smallest absolute Gasteiger partial charge is 0.231 e. The molecule has 0 fully saturated rings. The summed E-state index contributed by atoms with van der Waals surface area (Å²) in [5, 5.41) is 6.05. The number of carbonyl (C=O) groups excluding carboxylic acids is 1. The molecule has 0 unspecified atom stereocenters. The molecule has 1 aliphatic heterocycles. The highest BCUT2D eigenvalue weighted by atomic mass is 16.7. The summed E-state index contributed by atoms with van der Waals surface area (Å²) < 4.78 is 10.7. The largest absolute Gasteiger partial charge is 0.454 e. The summed E-state index contributed by atoms with van der Waals surface area (Å²) in [6, 6.07) is 9.85. The molecule has 0 saturated heterocycles. The van der Waals surface area contributed by atoms with Crippen molar-refractivity contribution in [2.45, 2.75) is 6.92 Å². The normalized spacial score (nSPS) is 13.6. The van der Waals surface area contributed by atoms with Gasteiger partial charge in [0, 0.05) is 0 Å². The Labute approximate surface area is 109 Å². The summed E-state index contributed by atoms with van der Waals surface area (Å²) >= 11 is 0. The van der Waals surface area contributed by atoms with Gasteiger partial charge in [0.2, 0.25) is 13.2 Å². The van der Waals surface area contributed by atoms with Crippen molar-refractivity contribution in [2.75, 3.05) is 6.79 Å². The molecule has 0 saturated carbocycles. The maximum Gasteiger partial charge on any atom is 0.231 e. The molecular formula is C14H12N2O3. The van der Waals surface area contributed by atoms with Crippen LogP contribution in [0.2, 0.25) is 0 Å². The van der Waals surface area contributed by atoms with Crippen molar-refractivity contribution in [1.29, 1.82) is 0 Å². The van der Waals surface area contributed by atoms with E-state index >= 15 is 0 Å². The topological polar surface area (TPSA) is 59.9 Å². The van der Waals surface area contributed by atoms with Crippen molar-refractivity contribution in [3.63, 3.8) is 0 Å². The first-order valence-corrected chi connectivity index (χ1v) is 5.85. The van der Waals surface area contributed by atoms with Gasteiger partial charge in [-0.2, -0.15) is 5.10 Å². The minimum Gasteiger partial charge on any atom is -0.454 e. The first-order chi connectivity index (χ1) is 9.28. The van der Waals surface area contributed by atoms with Crippen molar-refractivity contribution in [3.05, 3.63) is 35.9 Å². The Balaban J connectivity index is 2.05. The summed E-state index contributed by atoms with van der Waals surface area (Å²) in [5.74, 6) is 1.53. The van der Waals surface area contributed by atoms with Gasteiger partial charge >= 0.3 is 0 Å². The standard InChI is InChI=1S/C14H12N2O3/c1-9(16-15-7-17)10-2-3-11-5-13-14(19-8-18-13)6-12(11)4-10/h2-7H,8H2,1H3,(H,15,17)/b16-9-. The fraction of sp³-hybridized carbons (Fsp3) is 0.143. The molecule has 96 valence electrons. The van der Waals surface area contributed by atoms with Gasteiger partial charge in [-0.15, -0.1) is 0 Å². The molecule has 3 rings (SSSR count). The molecular weight excluding hydrogens is 244 g/mol. The van der Waals surface area contributed by atoms with Crippen molar-refractivity contribution >= 4 is 22.9 Å². The van der Waals surface area contributed by atoms with Crippen LogP contribution in [0.25, 0.3) is 10.8 Å². The number of amides is 1. The number of nitrogens with one attached hydrogen (secondary N) is 1. The molecule has 2 aromatic rings. The van der Waals surface area contributed by atoms with E-state index in [2.05, 4.69) is 10.5 Å². The zero-order valence-electron chi connectivity index (χ0n) is 10.3. The van der Waals surface area contributed by atoms with Gasteiger partial charge in [0.25, 0.3) is 0 Å². The summed E-state index contributed by atoms with van der Waals surface area (Å²) in [5.41, 5.74) is 3.99. The van der Waals surface area contributed by atoms with Crippen LogP contribution in [0.4, 0.5) is 0 Å². The molecule has 0 aliphatic carbocycles. The van der Waals surface area contributed by atoms with Gasteiger partial charge in [-0.1, -0.05) is 12.1 Å². The summed E-state index contributed by atoms with van der Waals surface area (Å²) in [6.07, 6.45) is 0.544. The molecule has 5 heteroatoms. The van der Waals surface area contributed by atoms with Crippen LogP contribution >= 0.6 is 0 Å². The molecule has 0 radical (unpaired) electrons. The monoisotopic (exact) mass is 256 g/mol. The van der Waals surface area contributed by atoms with Crippen LogP contribution in [0, 0.1) is 0 Å². The van der Waals surface area contributed by atoms with Crippen molar-refractivity contribution < 1.29 is 14.3 Å². The summed E-state index contributed by atoms with van der Waals surface area (Å²) in [7, 11) is 0. The summed E-state index contributed by atoms with van der Waals surface area (Å²) in [6.45, 7) is 2.10. The average molecular weight is 256 g/mol.